The summed E-state index contributed by atoms with van der Waals surface area (Å²) in [4.78, 5) is 13.1. The van der Waals surface area contributed by atoms with Crippen molar-refractivity contribution in [1.82, 2.24) is 5.32 Å². The van der Waals surface area contributed by atoms with E-state index in [1.54, 1.807) is 0 Å². The molecule has 12 N–H and O–H groups in total. The molecule has 0 aromatic heterocycles. The highest BCUT2D eigenvalue weighted by molar-refractivity contribution is 5.76. The van der Waals surface area contributed by atoms with Gasteiger partial charge in [-0.25, -0.2) is 0 Å². The molecule has 0 aliphatic carbocycles. The zero-order valence-corrected chi connectivity index (χ0v) is 39.2. The maximum atomic E-state index is 13.1. The quantitative estimate of drug-likeness (QED) is 0.0321. The van der Waals surface area contributed by atoms with E-state index in [0.29, 0.717) is 19.3 Å². The van der Waals surface area contributed by atoms with Crippen LogP contribution < -0.4 is 5.32 Å². The summed E-state index contributed by atoms with van der Waals surface area (Å²) in [5.74, 6) is -0.265. The minimum absolute atomic E-state index is 0.255. The average Bonchev–Trinajstić information content (AvgIpc) is 3.31. The molecule has 0 spiro atoms. The minimum atomic E-state index is -1.97. The van der Waals surface area contributed by atoms with Crippen molar-refractivity contribution in [3.8, 4) is 0 Å². The Bertz CT molecular complexity index is 1330. The molecule has 0 bridgehead atoms. The summed E-state index contributed by atoms with van der Waals surface area (Å²) in [6, 6.07) is -0.884. The molecule has 17 atom stereocenters. The first-order valence-electron chi connectivity index (χ1n) is 24.6. The highest BCUT2D eigenvalue weighted by Gasteiger charge is 2.53. The molecule has 19 heteroatoms. The number of rotatable bonds is 33. The van der Waals surface area contributed by atoms with Gasteiger partial charge in [-0.2, -0.15) is 0 Å². The molecule has 0 saturated carbocycles. The van der Waals surface area contributed by atoms with Gasteiger partial charge in [0.05, 0.1) is 38.6 Å². The first kappa shape index (κ1) is 58.6. The molecule has 66 heavy (non-hydrogen) atoms. The molecule has 0 aromatic rings. The largest absolute Gasteiger partial charge is 0.394 e. The maximum absolute atomic E-state index is 13.1. The van der Waals surface area contributed by atoms with E-state index >= 15 is 0 Å². The fourth-order valence-corrected chi connectivity index (χ4v) is 8.34. The number of ether oxygens (including phenoxy) is 6. The lowest BCUT2D eigenvalue weighted by Gasteiger charge is -2.48. The van der Waals surface area contributed by atoms with Gasteiger partial charge < -0.3 is 89.9 Å². The third-order valence-corrected chi connectivity index (χ3v) is 12.5. The Morgan fingerprint density at radius 1 is 0.545 bits per heavy atom. The number of amides is 1. The molecular weight excluding hydrogens is 867 g/mol. The number of allylic oxidation sites excluding steroid dienone is 4. The van der Waals surface area contributed by atoms with E-state index in [9.17, 15) is 61.0 Å². The monoisotopic (exact) mass is 952 g/mol. The van der Waals surface area contributed by atoms with Crippen molar-refractivity contribution in [2.75, 3.05) is 26.4 Å². The van der Waals surface area contributed by atoms with E-state index in [-0.39, 0.29) is 18.9 Å². The lowest BCUT2D eigenvalue weighted by molar-refractivity contribution is -0.379. The smallest absolute Gasteiger partial charge is 0.220 e. The molecular formula is C47H85NO18. The Hall–Kier alpha value is -1.73. The maximum Gasteiger partial charge on any atom is 0.220 e. The van der Waals surface area contributed by atoms with Crippen LogP contribution in [0.3, 0.4) is 0 Å². The summed E-state index contributed by atoms with van der Waals surface area (Å²) in [6.45, 7) is 1.54. The summed E-state index contributed by atoms with van der Waals surface area (Å²) >= 11 is 0. The van der Waals surface area contributed by atoms with E-state index in [0.717, 1.165) is 57.8 Å². The Kier molecular flexibility index (Phi) is 29.3. The number of hydrogen-bond donors (Lipinski definition) is 12. The van der Waals surface area contributed by atoms with Crippen molar-refractivity contribution in [2.24, 2.45) is 0 Å². The molecule has 0 aromatic carbocycles. The second kappa shape index (κ2) is 33.0. The summed E-state index contributed by atoms with van der Waals surface area (Å²) in [7, 11) is 0. The van der Waals surface area contributed by atoms with Crippen LogP contribution in [-0.4, -0.2) is 193 Å². The van der Waals surface area contributed by atoms with Crippen LogP contribution in [0.4, 0.5) is 0 Å². The van der Waals surface area contributed by atoms with E-state index in [2.05, 4.69) is 36.5 Å². The van der Waals surface area contributed by atoms with Crippen molar-refractivity contribution in [1.29, 1.82) is 0 Å². The van der Waals surface area contributed by atoms with Crippen LogP contribution in [0.5, 0.6) is 0 Å². The Morgan fingerprint density at radius 2 is 1.00 bits per heavy atom. The number of unbranched alkanes of at least 4 members (excludes halogenated alkanes) is 13. The minimum Gasteiger partial charge on any atom is -0.394 e. The summed E-state index contributed by atoms with van der Waals surface area (Å²) in [5, 5.41) is 119. The van der Waals surface area contributed by atoms with Crippen LogP contribution in [0.15, 0.2) is 24.3 Å². The van der Waals surface area contributed by atoms with Gasteiger partial charge in [0.25, 0.3) is 0 Å². The number of aliphatic hydroxyl groups is 11. The molecule has 19 nitrogen and oxygen atoms in total. The van der Waals surface area contributed by atoms with Crippen molar-refractivity contribution < 1.29 is 89.4 Å². The average molecular weight is 952 g/mol. The molecule has 3 rings (SSSR count). The normalized spacial score (nSPS) is 34.0. The van der Waals surface area contributed by atoms with Crippen LogP contribution in [0.25, 0.3) is 0 Å². The van der Waals surface area contributed by atoms with Gasteiger partial charge >= 0.3 is 0 Å². The number of nitrogens with one attached hydrogen (secondary N) is 1. The Labute approximate surface area is 390 Å². The Morgan fingerprint density at radius 3 is 1.55 bits per heavy atom. The fourth-order valence-electron chi connectivity index (χ4n) is 8.34. The zero-order chi connectivity index (χ0) is 48.4. The van der Waals surface area contributed by atoms with E-state index in [1.807, 2.05) is 6.92 Å². The van der Waals surface area contributed by atoms with Gasteiger partial charge in [-0.05, 0) is 44.9 Å². The molecule has 3 aliphatic heterocycles. The SMILES string of the molecule is CCCCCC/C=C\C/C=C\CCCCCCCCCC(=O)NC(COC1OC(CO)C(OC2OC(CO)C(OC3OC(CO)C(O)C(O)C3O)C(O)C2O)C(O)C1O)C(O)CCCCC. The highest BCUT2D eigenvalue weighted by Crippen LogP contribution is 2.33. The van der Waals surface area contributed by atoms with Crippen LogP contribution >= 0.6 is 0 Å². The van der Waals surface area contributed by atoms with Gasteiger partial charge in [0, 0.05) is 6.42 Å². The van der Waals surface area contributed by atoms with Gasteiger partial charge in [0.1, 0.15) is 73.2 Å². The van der Waals surface area contributed by atoms with Crippen LogP contribution in [0.1, 0.15) is 136 Å². The van der Waals surface area contributed by atoms with Crippen molar-refractivity contribution in [3.05, 3.63) is 24.3 Å². The zero-order valence-electron chi connectivity index (χ0n) is 39.2. The predicted octanol–water partition coefficient (Wildman–Crippen LogP) is 0.861. The molecule has 0 radical (unpaired) electrons. The van der Waals surface area contributed by atoms with Crippen molar-refractivity contribution in [3.63, 3.8) is 0 Å². The first-order valence-corrected chi connectivity index (χ1v) is 24.6. The lowest BCUT2D eigenvalue weighted by atomic mass is 9.96. The van der Waals surface area contributed by atoms with Crippen molar-refractivity contribution in [2.45, 2.75) is 240 Å². The van der Waals surface area contributed by atoms with Gasteiger partial charge in [-0.3, -0.25) is 4.79 Å². The molecule has 386 valence electrons. The van der Waals surface area contributed by atoms with Gasteiger partial charge in [0.15, 0.2) is 18.9 Å². The molecule has 1 amide bonds. The number of carbonyl (C=O) groups excluding carboxylic acids is 1. The van der Waals surface area contributed by atoms with Crippen LogP contribution in [0, 0.1) is 0 Å². The molecule has 3 saturated heterocycles. The van der Waals surface area contributed by atoms with Gasteiger partial charge in [-0.15, -0.1) is 0 Å². The summed E-state index contributed by atoms with van der Waals surface area (Å²) in [6.07, 6.45) is 1.21. The second-order valence-electron chi connectivity index (χ2n) is 17.9. The van der Waals surface area contributed by atoms with Gasteiger partial charge in [-0.1, -0.05) is 109 Å². The molecule has 3 fully saturated rings. The van der Waals surface area contributed by atoms with Crippen LogP contribution in [-0.2, 0) is 33.2 Å². The number of carbonyl (C=O) groups is 1. The number of hydrogen-bond acceptors (Lipinski definition) is 18. The van der Waals surface area contributed by atoms with Crippen molar-refractivity contribution >= 4 is 5.91 Å². The molecule has 17 unspecified atom stereocenters. The standard InChI is InChI=1S/C47H85NO18/c1-3-5-7-8-9-10-11-12-13-14-15-16-17-18-19-20-21-23-25-35(53)48-30(31(52)24-22-6-4-2)29-61-45-41(59)38(56)43(33(27-50)63-45)66-47-42(60)39(57)44(34(28-51)64-47)65-46-40(58)37(55)36(54)32(26-49)62-46/h10-11,13-14,30-34,36-47,49-52,54-60H,3-9,12,15-29H2,1-2H3,(H,48,53)/b11-10-,14-13-. The van der Waals surface area contributed by atoms with E-state index < -0.39 is 124 Å². The Balaban J connectivity index is 1.46. The third kappa shape index (κ3) is 19.2. The third-order valence-electron chi connectivity index (χ3n) is 12.5. The van der Waals surface area contributed by atoms with E-state index in [4.69, 9.17) is 28.4 Å². The van der Waals surface area contributed by atoms with E-state index in [1.165, 1.54) is 38.5 Å². The van der Waals surface area contributed by atoms with Gasteiger partial charge in [0.2, 0.25) is 5.91 Å². The summed E-state index contributed by atoms with van der Waals surface area (Å²) in [5.41, 5.74) is 0. The predicted molar refractivity (Wildman–Crippen MR) is 240 cm³/mol. The molecule has 3 aliphatic rings. The van der Waals surface area contributed by atoms with Crippen LogP contribution in [0.2, 0.25) is 0 Å². The molecule has 3 heterocycles. The fraction of sp³-hybridized carbons (Fsp3) is 0.894. The number of aliphatic hydroxyl groups excluding tert-OH is 11. The lowest BCUT2D eigenvalue weighted by Crippen LogP contribution is -2.66. The second-order valence-corrected chi connectivity index (χ2v) is 17.9. The highest BCUT2D eigenvalue weighted by atomic mass is 16.8. The summed E-state index contributed by atoms with van der Waals surface area (Å²) < 4.78 is 33.9. The topological polar surface area (TPSA) is 307 Å². The first-order chi connectivity index (χ1) is 31.8.